The van der Waals surface area contributed by atoms with Crippen LogP contribution in [-0.2, 0) is 27.2 Å². The van der Waals surface area contributed by atoms with Gasteiger partial charge < -0.3 is 18.1 Å². The van der Waals surface area contributed by atoms with E-state index in [4.69, 9.17) is 9.05 Å². The average Bonchev–Trinajstić information content (AvgIpc) is 2.13. The van der Waals surface area contributed by atoms with E-state index in [1.165, 1.54) is 0 Å². The van der Waals surface area contributed by atoms with Crippen LogP contribution in [0.25, 0.3) is 0 Å². The van der Waals surface area contributed by atoms with Gasteiger partial charge in [0.15, 0.2) is 0 Å². The van der Waals surface area contributed by atoms with E-state index in [1.54, 1.807) is 13.8 Å². The van der Waals surface area contributed by atoms with Crippen LogP contribution in [-0.4, -0.2) is 26.4 Å². The molecule has 86 valence electrons. The molecule has 0 spiro atoms. The van der Waals surface area contributed by atoms with Gasteiger partial charge in [-0.05, 0) is 13.8 Å². The predicted molar refractivity (Wildman–Crippen MR) is 53.2 cm³/mol. The topological polar surface area (TPSA) is 71.1 Å². The van der Waals surface area contributed by atoms with Crippen molar-refractivity contribution in [3.63, 3.8) is 0 Å². The Morgan fingerprint density at radius 2 is 1.14 bits per heavy atom. The minimum Gasteiger partial charge on any atom is -0.311 e. The van der Waals surface area contributed by atoms with Gasteiger partial charge in [0.05, 0.1) is 26.4 Å². The fraction of sp³-hybridized carbons (Fsp3) is 1.00. The second kappa shape index (κ2) is 9.84. The predicted octanol–water partition coefficient (Wildman–Crippen LogP) is 1.87. The van der Waals surface area contributed by atoms with Gasteiger partial charge in [-0.1, -0.05) is 0 Å². The monoisotopic (exact) mass is 246 g/mol. The summed E-state index contributed by atoms with van der Waals surface area (Å²) in [4.78, 5) is 0. The van der Waals surface area contributed by atoms with Crippen LogP contribution in [0.15, 0.2) is 0 Å². The van der Waals surface area contributed by atoms with Crippen LogP contribution in [0.1, 0.15) is 13.8 Å². The van der Waals surface area contributed by atoms with Crippen molar-refractivity contribution >= 4 is 16.5 Å². The van der Waals surface area contributed by atoms with Gasteiger partial charge in [0.2, 0.25) is 0 Å². The van der Waals surface area contributed by atoms with E-state index >= 15 is 0 Å². The van der Waals surface area contributed by atoms with Crippen molar-refractivity contribution in [3.8, 4) is 0 Å². The van der Waals surface area contributed by atoms with Crippen LogP contribution in [0, 0.1) is 0 Å². The summed E-state index contributed by atoms with van der Waals surface area (Å²) in [6.07, 6.45) is 0. The summed E-state index contributed by atoms with van der Waals surface area (Å²) in [6.45, 7) is 4.29. The average molecular weight is 246 g/mol. The van der Waals surface area contributed by atoms with Crippen molar-refractivity contribution in [1.29, 1.82) is 0 Å². The molecular weight excluding hydrogens is 230 g/mol. The fourth-order valence-electron chi connectivity index (χ4n) is 0.569. The SMILES string of the molecule is CCO[PH](=O)OCCO[PH](=O)OCC. The molecule has 6 nitrogen and oxygen atoms in total. The number of rotatable bonds is 9. The molecule has 0 rings (SSSR count). The highest BCUT2D eigenvalue weighted by Crippen LogP contribution is 2.25. The van der Waals surface area contributed by atoms with Crippen LogP contribution in [0.3, 0.4) is 0 Å². The molecule has 0 heterocycles. The fourth-order valence-corrected chi connectivity index (χ4v) is 1.71. The zero-order valence-corrected chi connectivity index (χ0v) is 10.3. The van der Waals surface area contributed by atoms with Gasteiger partial charge in [-0.2, -0.15) is 0 Å². The molecule has 0 aromatic heterocycles. The minimum atomic E-state index is -2.41. The maximum Gasteiger partial charge on any atom is 0.319 e. The summed E-state index contributed by atoms with van der Waals surface area (Å²) in [5.41, 5.74) is 0. The molecule has 0 saturated heterocycles. The van der Waals surface area contributed by atoms with Crippen LogP contribution >= 0.6 is 16.5 Å². The molecular formula is C6H16O6P2. The summed E-state index contributed by atoms with van der Waals surface area (Å²) >= 11 is 0. The van der Waals surface area contributed by atoms with Gasteiger partial charge in [-0.3, -0.25) is 9.13 Å². The first-order valence-corrected chi connectivity index (χ1v) is 6.74. The van der Waals surface area contributed by atoms with E-state index in [2.05, 4.69) is 9.05 Å². The molecule has 2 atom stereocenters. The molecule has 0 aliphatic heterocycles. The third-order valence-corrected chi connectivity index (χ3v) is 2.98. The Morgan fingerprint density at radius 1 is 0.786 bits per heavy atom. The summed E-state index contributed by atoms with van der Waals surface area (Å²) in [5, 5.41) is 0. The summed E-state index contributed by atoms with van der Waals surface area (Å²) < 4.78 is 40.4. The summed E-state index contributed by atoms with van der Waals surface area (Å²) in [6, 6.07) is 0. The molecule has 0 aromatic carbocycles. The molecule has 0 fully saturated rings. The van der Waals surface area contributed by atoms with Gasteiger partial charge >= 0.3 is 16.5 Å². The van der Waals surface area contributed by atoms with Crippen LogP contribution in [0.4, 0.5) is 0 Å². The zero-order valence-electron chi connectivity index (χ0n) is 8.28. The molecule has 0 aliphatic carbocycles. The van der Waals surface area contributed by atoms with Crippen molar-refractivity contribution in [2.75, 3.05) is 26.4 Å². The van der Waals surface area contributed by atoms with E-state index in [0.717, 1.165) is 0 Å². The molecule has 0 radical (unpaired) electrons. The Labute approximate surface area is 84.8 Å². The first-order valence-electron chi connectivity index (χ1n) is 4.29. The molecule has 14 heavy (non-hydrogen) atoms. The van der Waals surface area contributed by atoms with Gasteiger partial charge in [0, 0.05) is 0 Å². The van der Waals surface area contributed by atoms with Crippen molar-refractivity contribution in [2.24, 2.45) is 0 Å². The highest BCUT2D eigenvalue weighted by atomic mass is 31.1. The normalized spacial score (nSPS) is 15.3. The molecule has 2 unspecified atom stereocenters. The molecule has 0 amide bonds. The van der Waals surface area contributed by atoms with E-state index in [0.29, 0.717) is 13.2 Å². The van der Waals surface area contributed by atoms with E-state index < -0.39 is 16.5 Å². The van der Waals surface area contributed by atoms with Gasteiger partial charge in [0.1, 0.15) is 0 Å². The molecule has 0 saturated carbocycles. The first-order chi connectivity index (χ1) is 6.70. The Kier molecular flexibility index (Phi) is 10.1. The maximum absolute atomic E-state index is 10.8. The largest absolute Gasteiger partial charge is 0.319 e. The first kappa shape index (κ1) is 14.3. The molecule has 0 N–H and O–H groups in total. The summed E-state index contributed by atoms with van der Waals surface area (Å²) in [5.74, 6) is 0. The lowest BCUT2D eigenvalue weighted by Gasteiger charge is -2.04. The Morgan fingerprint density at radius 3 is 1.43 bits per heavy atom. The Balaban J connectivity index is 3.28. The minimum absolute atomic E-state index is 0.0846. The van der Waals surface area contributed by atoms with Gasteiger partial charge in [0.25, 0.3) is 0 Å². The highest BCUT2D eigenvalue weighted by Gasteiger charge is 2.00. The lowest BCUT2D eigenvalue weighted by molar-refractivity contribution is 0.172. The Bertz CT molecular complexity index is 165. The van der Waals surface area contributed by atoms with Crippen molar-refractivity contribution in [2.45, 2.75) is 13.8 Å². The van der Waals surface area contributed by atoms with Gasteiger partial charge in [-0.25, -0.2) is 0 Å². The third kappa shape index (κ3) is 8.88. The smallest absolute Gasteiger partial charge is 0.311 e. The van der Waals surface area contributed by atoms with Crippen LogP contribution in [0.5, 0.6) is 0 Å². The van der Waals surface area contributed by atoms with E-state index in [9.17, 15) is 9.13 Å². The van der Waals surface area contributed by atoms with Crippen molar-refractivity contribution < 1.29 is 27.2 Å². The quantitative estimate of drug-likeness (QED) is 0.457. The second-order valence-electron chi connectivity index (χ2n) is 2.06. The lowest BCUT2D eigenvalue weighted by atomic mass is 10.8. The standard InChI is InChI=1S/C6H16O6P2/c1-3-9-13(7)11-5-6-12-14(8)10-4-2/h13-14H,3-6H2,1-2H3. The third-order valence-electron chi connectivity index (χ3n) is 1.05. The Hall–Kier alpha value is 0.300. The molecule has 0 aromatic rings. The van der Waals surface area contributed by atoms with E-state index in [-0.39, 0.29) is 13.2 Å². The van der Waals surface area contributed by atoms with Crippen LogP contribution < -0.4 is 0 Å². The highest BCUT2D eigenvalue weighted by molar-refractivity contribution is 7.33. The zero-order chi connectivity index (χ0) is 10.8. The number of hydrogen-bond acceptors (Lipinski definition) is 6. The molecule has 0 aliphatic rings. The van der Waals surface area contributed by atoms with E-state index in [1.807, 2.05) is 0 Å². The van der Waals surface area contributed by atoms with Crippen molar-refractivity contribution in [1.82, 2.24) is 0 Å². The van der Waals surface area contributed by atoms with Crippen molar-refractivity contribution in [3.05, 3.63) is 0 Å². The molecule has 0 bridgehead atoms. The number of hydrogen-bond donors (Lipinski definition) is 0. The lowest BCUT2D eigenvalue weighted by Crippen LogP contribution is -1.97. The summed E-state index contributed by atoms with van der Waals surface area (Å²) in [7, 11) is -4.82. The van der Waals surface area contributed by atoms with Gasteiger partial charge in [-0.15, -0.1) is 0 Å². The maximum atomic E-state index is 10.8. The van der Waals surface area contributed by atoms with Crippen LogP contribution in [0.2, 0.25) is 0 Å². The second-order valence-corrected chi connectivity index (χ2v) is 4.22. The molecule has 8 heteroatoms.